The van der Waals surface area contributed by atoms with Gasteiger partial charge < -0.3 is 24.4 Å². The average molecular weight is 412 g/mol. The molecule has 2 saturated heterocycles. The molecule has 3 aliphatic rings. The lowest BCUT2D eigenvalue weighted by atomic mass is 9.94. The third-order valence-corrected chi connectivity index (χ3v) is 6.12. The predicted molar refractivity (Wildman–Crippen MR) is 98.7 cm³/mol. The van der Waals surface area contributed by atoms with Gasteiger partial charge in [-0.1, -0.05) is 6.92 Å². The lowest BCUT2D eigenvalue weighted by molar-refractivity contribution is -0.157. The number of esters is 1. The summed E-state index contributed by atoms with van der Waals surface area (Å²) in [6, 6.07) is -0.0746. The Labute approximate surface area is 167 Å². The first kappa shape index (κ1) is 20.5. The molecule has 0 saturated carbocycles. The molecule has 3 aliphatic heterocycles. The summed E-state index contributed by atoms with van der Waals surface area (Å²) in [5.74, 6) is -0.926. The van der Waals surface area contributed by atoms with Gasteiger partial charge in [0, 0.05) is 35.5 Å². The minimum Gasteiger partial charge on any atom is -0.428 e. The van der Waals surface area contributed by atoms with E-state index in [1.807, 2.05) is 6.92 Å². The first-order chi connectivity index (χ1) is 13.1. The number of carbonyl (C=O) groups is 4. The van der Waals surface area contributed by atoms with Gasteiger partial charge in [-0.05, 0) is 20.8 Å². The standard InChI is InChI=1S/C18H24N2O7S/c1-9-11-6-13(22)20(11)14(15(9)28-10-5-12(21)19-7-10)16(23)25-8-26-17(24)27-18(2,3)4/h9-11H,5-8H2,1-4H3,(H,19,21). The highest BCUT2D eigenvalue weighted by Crippen LogP contribution is 2.48. The van der Waals surface area contributed by atoms with Crippen LogP contribution in [0.4, 0.5) is 4.79 Å². The van der Waals surface area contributed by atoms with Crippen molar-refractivity contribution >= 4 is 35.7 Å². The lowest BCUT2D eigenvalue weighted by Crippen LogP contribution is -2.52. The van der Waals surface area contributed by atoms with Crippen LogP contribution >= 0.6 is 11.8 Å². The van der Waals surface area contributed by atoms with E-state index in [0.717, 1.165) is 4.91 Å². The molecule has 2 amide bonds. The van der Waals surface area contributed by atoms with E-state index < -0.39 is 24.5 Å². The number of nitrogens with one attached hydrogen (secondary N) is 1. The minimum atomic E-state index is -0.947. The van der Waals surface area contributed by atoms with Crippen molar-refractivity contribution in [3.05, 3.63) is 10.6 Å². The van der Waals surface area contributed by atoms with Gasteiger partial charge in [0.25, 0.3) is 0 Å². The summed E-state index contributed by atoms with van der Waals surface area (Å²) in [7, 11) is 0. The van der Waals surface area contributed by atoms with Crippen molar-refractivity contribution in [2.75, 3.05) is 13.3 Å². The summed E-state index contributed by atoms with van der Waals surface area (Å²) in [5, 5.41) is 2.76. The first-order valence-electron chi connectivity index (χ1n) is 9.09. The number of fused-ring (bicyclic) bond motifs is 1. The molecule has 3 unspecified atom stereocenters. The van der Waals surface area contributed by atoms with Crippen molar-refractivity contribution in [3.63, 3.8) is 0 Å². The average Bonchev–Trinajstić information content (AvgIpc) is 3.06. The van der Waals surface area contributed by atoms with Crippen molar-refractivity contribution in [2.24, 2.45) is 5.92 Å². The zero-order valence-corrected chi connectivity index (χ0v) is 17.1. The van der Waals surface area contributed by atoms with Crippen LogP contribution in [0.2, 0.25) is 0 Å². The second-order valence-corrected chi connectivity index (χ2v) is 9.29. The van der Waals surface area contributed by atoms with Crippen LogP contribution in [0.5, 0.6) is 0 Å². The first-order valence-corrected chi connectivity index (χ1v) is 9.97. The van der Waals surface area contributed by atoms with Gasteiger partial charge in [-0.2, -0.15) is 0 Å². The lowest BCUT2D eigenvalue weighted by Gasteiger charge is -2.37. The van der Waals surface area contributed by atoms with Crippen molar-refractivity contribution in [2.45, 2.75) is 57.4 Å². The van der Waals surface area contributed by atoms with E-state index in [-0.39, 0.29) is 34.7 Å². The smallest absolute Gasteiger partial charge is 0.428 e. The van der Waals surface area contributed by atoms with Gasteiger partial charge in [0.2, 0.25) is 18.6 Å². The van der Waals surface area contributed by atoms with Crippen LogP contribution < -0.4 is 5.32 Å². The molecule has 0 aliphatic carbocycles. The third-order valence-electron chi connectivity index (χ3n) is 4.63. The summed E-state index contributed by atoms with van der Waals surface area (Å²) < 4.78 is 14.8. The molecule has 3 rings (SSSR count). The van der Waals surface area contributed by atoms with E-state index in [9.17, 15) is 19.2 Å². The van der Waals surface area contributed by atoms with Crippen LogP contribution in [-0.2, 0) is 28.6 Å². The maximum atomic E-state index is 12.6. The van der Waals surface area contributed by atoms with Crippen LogP contribution in [0, 0.1) is 5.92 Å². The topological polar surface area (TPSA) is 111 Å². The Kier molecular flexibility index (Phi) is 5.60. The summed E-state index contributed by atoms with van der Waals surface area (Å²) in [6.45, 7) is 6.92. The Morgan fingerprint density at radius 2 is 1.93 bits per heavy atom. The van der Waals surface area contributed by atoms with E-state index in [2.05, 4.69) is 5.32 Å². The minimum absolute atomic E-state index is 0.000402. The van der Waals surface area contributed by atoms with Crippen molar-refractivity contribution in [1.82, 2.24) is 10.2 Å². The number of thioether (sulfide) groups is 1. The normalized spacial score (nSPS) is 26.6. The zero-order chi connectivity index (χ0) is 20.6. The van der Waals surface area contributed by atoms with Gasteiger partial charge in [0.15, 0.2) is 0 Å². The molecular formula is C18H24N2O7S. The van der Waals surface area contributed by atoms with Gasteiger partial charge in [0.05, 0.1) is 6.04 Å². The monoisotopic (exact) mass is 412 g/mol. The van der Waals surface area contributed by atoms with E-state index >= 15 is 0 Å². The summed E-state index contributed by atoms with van der Waals surface area (Å²) >= 11 is 1.43. The Hall–Kier alpha value is -2.23. The van der Waals surface area contributed by atoms with Crippen molar-refractivity contribution < 1.29 is 33.4 Å². The van der Waals surface area contributed by atoms with Crippen molar-refractivity contribution in [1.29, 1.82) is 0 Å². The molecule has 3 atom stereocenters. The number of hydrogen-bond donors (Lipinski definition) is 1. The summed E-state index contributed by atoms with van der Waals surface area (Å²) in [6.07, 6.45) is -0.209. The molecule has 0 spiro atoms. The van der Waals surface area contributed by atoms with Crippen LogP contribution in [0.25, 0.3) is 0 Å². The highest BCUT2D eigenvalue weighted by molar-refractivity contribution is 8.03. The third kappa shape index (κ3) is 4.26. The summed E-state index contributed by atoms with van der Waals surface area (Å²) in [5.41, 5.74) is -0.538. The van der Waals surface area contributed by atoms with Gasteiger partial charge in [0.1, 0.15) is 11.3 Å². The number of ether oxygens (including phenoxy) is 3. The Bertz CT molecular complexity index is 743. The second kappa shape index (κ2) is 7.65. The molecule has 1 N–H and O–H groups in total. The van der Waals surface area contributed by atoms with Crippen LogP contribution in [0.1, 0.15) is 40.5 Å². The predicted octanol–water partition coefficient (Wildman–Crippen LogP) is 1.52. The molecule has 10 heteroatoms. The van der Waals surface area contributed by atoms with E-state index in [4.69, 9.17) is 14.2 Å². The highest BCUT2D eigenvalue weighted by Gasteiger charge is 2.52. The molecular weight excluding hydrogens is 388 g/mol. The number of β-lactam (4-membered cyclic amide) rings is 1. The maximum Gasteiger partial charge on any atom is 0.511 e. The molecule has 0 aromatic heterocycles. The molecule has 0 aromatic rings. The quantitative estimate of drug-likeness (QED) is 0.411. The van der Waals surface area contributed by atoms with Gasteiger partial charge >= 0.3 is 12.1 Å². The number of amides is 2. The molecule has 0 radical (unpaired) electrons. The summed E-state index contributed by atoms with van der Waals surface area (Å²) in [4.78, 5) is 49.9. The van der Waals surface area contributed by atoms with E-state index in [0.29, 0.717) is 19.4 Å². The molecule has 9 nitrogen and oxygen atoms in total. The molecule has 3 heterocycles. The fourth-order valence-electron chi connectivity index (χ4n) is 3.32. The zero-order valence-electron chi connectivity index (χ0n) is 16.3. The Morgan fingerprint density at radius 1 is 1.21 bits per heavy atom. The van der Waals surface area contributed by atoms with Crippen LogP contribution in [0.3, 0.4) is 0 Å². The largest absolute Gasteiger partial charge is 0.511 e. The Morgan fingerprint density at radius 3 is 2.50 bits per heavy atom. The fraction of sp³-hybridized carbons (Fsp3) is 0.667. The Balaban J connectivity index is 1.66. The van der Waals surface area contributed by atoms with Crippen molar-refractivity contribution in [3.8, 4) is 0 Å². The van der Waals surface area contributed by atoms with Crippen LogP contribution in [-0.4, -0.2) is 59.1 Å². The van der Waals surface area contributed by atoms with Gasteiger partial charge in [-0.15, -0.1) is 11.8 Å². The van der Waals surface area contributed by atoms with Crippen LogP contribution in [0.15, 0.2) is 10.6 Å². The molecule has 2 fully saturated rings. The highest BCUT2D eigenvalue weighted by atomic mass is 32.2. The maximum absolute atomic E-state index is 12.6. The SMILES string of the molecule is CC1C(SC2CNC(=O)C2)=C(C(=O)OCOC(=O)OC(C)(C)C)N2C(=O)CC12. The number of hydrogen-bond acceptors (Lipinski definition) is 8. The number of carbonyl (C=O) groups excluding carboxylic acids is 4. The second-order valence-electron chi connectivity index (χ2n) is 7.94. The number of nitrogens with zero attached hydrogens (tertiary/aromatic N) is 1. The van der Waals surface area contributed by atoms with E-state index in [1.165, 1.54) is 16.7 Å². The molecule has 0 aromatic carbocycles. The molecule has 28 heavy (non-hydrogen) atoms. The van der Waals surface area contributed by atoms with Gasteiger partial charge in [-0.3, -0.25) is 9.59 Å². The fourth-order valence-corrected chi connectivity index (χ4v) is 4.75. The number of rotatable bonds is 5. The van der Waals surface area contributed by atoms with E-state index in [1.54, 1.807) is 20.8 Å². The molecule has 154 valence electrons. The molecule has 0 bridgehead atoms. The van der Waals surface area contributed by atoms with Gasteiger partial charge in [-0.25, -0.2) is 9.59 Å².